The summed E-state index contributed by atoms with van der Waals surface area (Å²) in [7, 11) is 0. The highest BCUT2D eigenvalue weighted by atomic mass is 19.4. The molecule has 0 bridgehead atoms. The Labute approximate surface area is 353 Å². The van der Waals surface area contributed by atoms with Crippen LogP contribution in [0, 0.1) is 12.1 Å². The summed E-state index contributed by atoms with van der Waals surface area (Å²) in [6, 6.07) is 59.3. The van der Waals surface area contributed by atoms with Crippen LogP contribution in [0.5, 0.6) is 0 Å². The zero-order chi connectivity index (χ0) is 41.3. The fourth-order valence-electron chi connectivity index (χ4n) is 10.6. The van der Waals surface area contributed by atoms with Gasteiger partial charge in [0.2, 0.25) is 0 Å². The number of allylic oxidation sites excluding steroid dienone is 2. The molecule has 0 saturated heterocycles. The van der Waals surface area contributed by atoms with Gasteiger partial charge in [0, 0.05) is 43.9 Å². The number of nitrogens with zero attached hydrogens (tertiary/aromatic N) is 4. The van der Waals surface area contributed by atoms with Crippen molar-refractivity contribution in [3.8, 4) is 17.1 Å². The zero-order valence-corrected chi connectivity index (χ0v) is 33.0. The Morgan fingerprint density at radius 3 is 1.48 bits per heavy atom. The molecule has 0 saturated carbocycles. The lowest BCUT2D eigenvalue weighted by Crippen LogP contribution is -2.31. The molecule has 11 aromatic rings. The van der Waals surface area contributed by atoms with Gasteiger partial charge in [0.05, 0.1) is 56.4 Å². The van der Waals surface area contributed by atoms with Gasteiger partial charge in [-0.05, 0) is 66.2 Å². The lowest BCUT2D eigenvalue weighted by atomic mass is 9.91. The smallest absolute Gasteiger partial charge is 0.331 e. The van der Waals surface area contributed by atoms with E-state index in [4.69, 9.17) is 0 Å². The SMILES string of the molecule is FC(F)(F)c1c(-n2c3ccccc3c3ccccc32)c(N2c3ccccc3C3C=CC=CC32)cc(-n2c3c#cccc3c3ccccc32)c1-n1c2ccccc2c2ccccc21. The first-order chi connectivity index (χ1) is 30.5. The van der Waals surface area contributed by atoms with Crippen molar-refractivity contribution in [1.82, 2.24) is 13.7 Å². The lowest BCUT2D eigenvalue weighted by Gasteiger charge is -2.34. The topological polar surface area (TPSA) is 18.0 Å². The first-order valence-electron chi connectivity index (χ1n) is 20.8. The second kappa shape index (κ2) is 12.8. The molecule has 2 unspecified atom stereocenters. The minimum atomic E-state index is -4.88. The van der Waals surface area contributed by atoms with Crippen LogP contribution in [0.25, 0.3) is 82.5 Å². The molecule has 4 heterocycles. The number of alkyl halides is 3. The maximum atomic E-state index is 17.5. The number of halogens is 3. The van der Waals surface area contributed by atoms with Crippen LogP contribution in [0.4, 0.5) is 24.5 Å². The van der Waals surface area contributed by atoms with E-state index in [9.17, 15) is 0 Å². The van der Waals surface area contributed by atoms with Crippen molar-refractivity contribution in [3.63, 3.8) is 0 Å². The highest BCUT2D eigenvalue weighted by Gasteiger charge is 2.46. The number of aromatic nitrogens is 3. The number of hydrogen-bond acceptors (Lipinski definition) is 1. The van der Waals surface area contributed by atoms with Crippen LogP contribution in [0.1, 0.15) is 17.0 Å². The van der Waals surface area contributed by atoms with Crippen LogP contribution in [-0.4, -0.2) is 19.7 Å². The van der Waals surface area contributed by atoms with E-state index in [1.165, 1.54) is 0 Å². The van der Waals surface area contributed by atoms with E-state index in [0.717, 1.165) is 49.1 Å². The summed E-state index contributed by atoms with van der Waals surface area (Å²) in [6.07, 6.45) is 3.45. The highest BCUT2D eigenvalue weighted by Crippen LogP contribution is 2.55. The summed E-state index contributed by atoms with van der Waals surface area (Å²) in [5.41, 5.74) is 6.20. The minimum Gasteiger partial charge on any atom is -0.331 e. The molecule has 13 rings (SSSR count). The molecule has 0 N–H and O–H groups in total. The normalized spacial score (nSPS) is 16.0. The van der Waals surface area contributed by atoms with E-state index in [-0.39, 0.29) is 23.3 Å². The quantitative estimate of drug-likeness (QED) is 0.173. The summed E-state index contributed by atoms with van der Waals surface area (Å²) in [5, 5.41) is 5.26. The Bertz CT molecular complexity index is 3570. The third-order valence-electron chi connectivity index (χ3n) is 13.0. The van der Waals surface area contributed by atoms with Gasteiger partial charge in [-0.2, -0.15) is 13.2 Å². The van der Waals surface area contributed by atoms with Crippen LogP contribution >= 0.6 is 0 Å². The molecule has 0 amide bonds. The van der Waals surface area contributed by atoms with Gasteiger partial charge in [0.25, 0.3) is 0 Å². The average molecular weight is 807 g/mol. The first kappa shape index (κ1) is 34.9. The molecule has 1 aliphatic heterocycles. The second-order valence-corrected chi connectivity index (χ2v) is 16.2. The van der Waals surface area contributed by atoms with E-state index in [2.05, 4.69) is 35.3 Å². The zero-order valence-electron chi connectivity index (χ0n) is 33.0. The van der Waals surface area contributed by atoms with E-state index in [1.807, 2.05) is 184 Å². The Morgan fingerprint density at radius 1 is 0.452 bits per heavy atom. The van der Waals surface area contributed by atoms with Gasteiger partial charge in [-0.3, -0.25) is 4.57 Å². The van der Waals surface area contributed by atoms with Crippen LogP contribution in [0.15, 0.2) is 188 Å². The molecular formula is C55H33F3N4. The number of para-hydroxylation sites is 6. The van der Waals surface area contributed by atoms with Gasteiger partial charge in [-0.25, -0.2) is 0 Å². The molecule has 7 heteroatoms. The molecule has 294 valence electrons. The molecule has 3 aromatic heterocycles. The summed E-state index contributed by atoms with van der Waals surface area (Å²) < 4.78 is 58.3. The minimum absolute atomic E-state index is 0.0264. The first-order valence-corrected chi connectivity index (χ1v) is 20.8. The molecule has 0 fully saturated rings. The van der Waals surface area contributed by atoms with Crippen molar-refractivity contribution < 1.29 is 13.2 Å². The van der Waals surface area contributed by atoms with Gasteiger partial charge >= 0.3 is 6.18 Å². The number of benzene rings is 7. The largest absolute Gasteiger partial charge is 0.420 e. The summed E-state index contributed by atoms with van der Waals surface area (Å²) in [6.45, 7) is 0. The van der Waals surface area contributed by atoms with Crippen molar-refractivity contribution >= 4 is 76.8 Å². The van der Waals surface area contributed by atoms with Crippen molar-refractivity contribution in [2.24, 2.45) is 0 Å². The third-order valence-corrected chi connectivity index (χ3v) is 13.0. The molecule has 62 heavy (non-hydrogen) atoms. The highest BCUT2D eigenvalue weighted by molar-refractivity contribution is 6.13. The van der Waals surface area contributed by atoms with Gasteiger partial charge in [-0.1, -0.05) is 140 Å². The number of rotatable bonds is 4. The van der Waals surface area contributed by atoms with Gasteiger partial charge < -0.3 is 14.0 Å². The monoisotopic (exact) mass is 806 g/mol. The number of hydrogen-bond donors (Lipinski definition) is 0. The molecule has 0 spiro atoms. The van der Waals surface area contributed by atoms with E-state index >= 15 is 13.2 Å². The molecular weight excluding hydrogens is 774 g/mol. The third kappa shape index (κ3) is 4.69. The average Bonchev–Trinajstić information content (AvgIpc) is 4.03. The van der Waals surface area contributed by atoms with Crippen LogP contribution in [0.3, 0.4) is 0 Å². The van der Waals surface area contributed by atoms with Gasteiger partial charge in [-0.15, -0.1) is 0 Å². The summed E-state index contributed by atoms with van der Waals surface area (Å²) in [5.74, 6) is -0.0758. The number of fused-ring (bicyclic) bond motifs is 12. The molecule has 1 aliphatic carbocycles. The molecule has 2 aliphatic rings. The molecule has 2 atom stereocenters. The maximum absolute atomic E-state index is 17.5. The van der Waals surface area contributed by atoms with Gasteiger partial charge in [0.15, 0.2) is 0 Å². The second-order valence-electron chi connectivity index (χ2n) is 16.2. The Hall–Kier alpha value is -7.95. The standard InChI is InChI=1S/C55H33F3N4/c56-55(57,58)52-53(61-46-29-13-5-21-38(46)39-22-6-14-30-47(39)61)50(59-42-25-9-1-17-34(42)35-18-2-10-26-43(35)59)33-51(60-44-27-11-3-19-36(44)37-20-4-12-28-45(37)60)54(52)62-48-31-15-7-23-40(48)41-24-8-16-32-49(41)62/h1-11,13-27,29-34,42H. The number of anilines is 2. The fourth-order valence-corrected chi connectivity index (χ4v) is 10.6. The Kier molecular flexibility index (Phi) is 7.19. The molecule has 0 radical (unpaired) electrons. The van der Waals surface area contributed by atoms with E-state index in [1.54, 1.807) is 0 Å². The Balaban J connectivity index is 1.33. The predicted octanol–water partition coefficient (Wildman–Crippen LogP) is 14.3. The van der Waals surface area contributed by atoms with Crippen LogP contribution in [0.2, 0.25) is 0 Å². The van der Waals surface area contributed by atoms with E-state index in [0.29, 0.717) is 39.0 Å². The van der Waals surface area contributed by atoms with E-state index < -0.39 is 11.7 Å². The molecule has 4 nitrogen and oxygen atoms in total. The summed E-state index contributed by atoms with van der Waals surface area (Å²) >= 11 is 0. The summed E-state index contributed by atoms with van der Waals surface area (Å²) in [4.78, 5) is 2.15. The van der Waals surface area contributed by atoms with Crippen molar-refractivity contribution in [1.29, 1.82) is 0 Å². The van der Waals surface area contributed by atoms with Crippen LogP contribution in [-0.2, 0) is 6.18 Å². The maximum Gasteiger partial charge on any atom is 0.420 e. The van der Waals surface area contributed by atoms with Crippen LogP contribution < -0.4 is 4.90 Å². The van der Waals surface area contributed by atoms with Crippen molar-refractivity contribution in [3.05, 3.63) is 211 Å². The Morgan fingerprint density at radius 2 is 0.919 bits per heavy atom. The fraction of sp³-hybridized carbons (Fsp3) is 0.0545. The molecule has 8 aromatic carbocycles. The van der Waals surface area contributed by atoms with Gasteiger partial charge in [0.1, 0.15) is 11.1 Å². The predicted molar refractivity (Wildman–Crippen MR) is 246 cm³/mol. The van der Waals surface area contributed by atoms with Crippen molar-refractivity contribution in [2.45, 2.75) is 18.1 Å². The van der Waals surface area contributed by atoms with Crippen molar-refractivity contribution in [2.75, 3.05) is 4.90 Å². The lowest BCUT2D eigenvalue weighted by molar-refractivity contribution is -0.137.